The van der Waals surface area contributed by atoms with Crippen LogP contribution >= 0.6 is 0 Å². The van der Waals surface area contributed by atoms with Crippen molar-refractivity contribution in [3.63, 3.8) is 0 Å². The van der Waals surface area contributed by atoms with E-state index in [1.165, 1.54) is 31.5 Å². The Labute approximate surface area is 143 Å². The van der Waals surface area contributed by atoms with E-state index in [0.717, 1.165) is 10.9 Å². The van der Waals surface area contributed by atoms with Crippen molar-refractivity contribution in [2.24, 2.45) is 0 Å². The number of hydrogen-bond donors (Lipinski definition) is 1. The van der Waals surface area contributed by atoms with Crippen LogP contribution in [0.1, 0.15) is 17.3 Å². The minimum Gasteiger partial charge on any atom is -0.619 e. The summed E-state index contributed by atoms with van der Waals surface area (Å²) in [4.78, 5) is 28.6. The number of benzene rings is 1. The Morgan fingerprint density at radius 3 is 2.68 bits per heavy atom. The third kappa shape index (κ3) is 3.72. The molecule has 2 heterocycles. The monoisotopic (exact) mass is 337 g/mol. The summed E-state index contributed by atoms with van der Waals surface area (Å²) in [6.07, 6.45) is 3.04. The summed E-state index contributed by atoms with van der Waals surface area (Å²) in [5.41, 5.74) is 1.53. The van der Waals surface area contributed by atoms with Gasteiger partial charge in [0.15, 0.2) is 18.5 Å². The summed E-state index contributed by atoms with van der Waals surface area (Å²) in [7, 11) is 0. The predicted octanol–water partition coefficient (Wildman–Crippen LogP) is 2.05. The van der Waals surface area contributed by atoms with E-state index in [-0.39, 0.29) is 5.56 Å². The molecule has 0 fully saturated rings. The van der Waals surface area contributed by atoms with Crippen LogP contribution in [0.3, 0.4) is 0 Å². The molecular weight excluding hydrogens is 322 g/mol. The SMILES string of the molecule is C[C@@H](OC(=O)c1cc[n+]([O-])cc1)C(=O)Nc1cccc2ncccc12. The first kappa shape index (κ1) is 16.4. The second kappa shape index (κ2) is 6.96. The van der Waals surface area contributed by atoms with Crippen LogP contribution in [0.5, 0.6) is 0 Å². The first-order valence-corrected chi connectivity index (χ1v) is 7.59. The maximum absolute atomic E-state index is 12.3. The standard InChI is InChI=1S/C18H15N3O4/c1-12(25-18(23)13-7-10-21(24)11-8-13)17(22)20-16-6-2-5-15-14(16)4-3-9-19-15/h2-12H,1H3,(H,20,22)/t12-/m1/s1. The third-order valence-corrected chi connectivity index (χ3v) is 3.59. The fourth-order valence-corrected chi connectivity index (χ4v) is 2.28. The molecule has 7 nitrogen and oxygen atoms in total. The van der Waals surface area contributed by atoms with Crippen LogP contribution in [0.25, 0.3) is 10.9 Å². The van der Waals surface area contributed by atoms with Crippen LogP contribution in [0.15, 0.2) is 61.1 Å². The number of carbonyl (C=O) groups is 2. The molecule has 0 bridgehead atoms. The molecule has 0 radical (unpaired) electrons. The second-order valence-electron chi connectivity index (χ2n) is 5.36. The van der Waals surface area contributed by atoms with Crippen LogP contribution in [0.4, 0.5) is 5.69 Å². The quantitative estimate of drug-likeness (QED) is 0.447. The minimum atomic E-state index is -1.00. The van der Waals surface area contributed by atoms with E-state index in [0.29, 0.717) is 10.4 Å². The Hall–Kier alpha value is -3.48. The molecule has 3 aromatic rings. The zero-order valence-corrected chi connectivity index (χ0v) is 13.4. The molecule has 1 aromatic carbocycles. The predicted molar refractivity (Wildman–Crippen MR) is 90.7 cm³/mol. The maximum Gasteiger partial charge on any atom is 0.339 e. The van der Waals surface area contributed by atoms with E-state index in [1.54, 1.807) is 24.4 Å². The summed E-state index contributed by atoms with van der Waals surface area (Å²) in [6, 6.07) is 11.7. The zero-order valence-electron chi connectivity index (χ0n) is 13.4. The number of pyridine rings is 2. The van der Waals surface area contributed by atoms with Crippen LogP contribution in [0, 0.1) is 5.21 Å². The van der Waals surface area contributed by atoms with Crippen molar-refractivity contribution in [1.29, 1.82) is 0 Å². The number of anilines is 1. The van der Waals surface area contributed by atoms with Gasteiger partial charge in [-0.15, -0.1) is 0 Å². The van der Waals surface area contributed by atoms with Crippen molar-refractivity contribution >= 4 is 28.5 Å². The summed E-state index contributed by atoms with van der Waals surface area (Å²) >= 11 is 0. The van der Waals surface area contributed by atoms with E-state index in [2.05, 4.69) is 10.3 Å². The summed E-state index contributed by atoms with van der Waals surface area (Å²) in [5, 5.41) is 14.5. The molecule has 0 spiro atoms. The average molecular weight is 337 g/mol. The van der Waals surface area contributed by atoms with E-state index < -0.39 is 18.0 Å². The number of amides is 1. The van der Waals surface area contributed by atoms with Crippen LogP contribution in [-0.2, 0) is 9.53 Å². The van der Waals surface area contributed by atoms with Gasteiger partial charge in [-0.2, -0.15) is 4.73 Å². The van der Waals surface area contributed by atoms with Crippen LogP contribution in [0.2, 0.25) is 0 Å². The van der Waals surface area contributed by atoms with Crippen molar-refractivity contribution in [3.8, 4) is 0 Å². The van der Waals surface area contributed by atoms with Gasteiger partial charge < -0.3 is 15.3 Å². The Bertz CT molecular complexity index is 920. The average Bonchev–Trinajstić information content (AvgIpc) is 2.62. The van der Waals surface area contributed by atoms with Crippen molar-refractivity contribution in [1.82, 2.24) is 4.98 Å². The number of fused-ring (bicyclic) bond motifs is 1. The van der Waals surface area contributed by atoms with Crippen molar-refractivity contribution in [3.05, 3.63) is 71.8 Å². The number of hydrogen-bond acceptors (Lipinski definition) is 5. The highest BCUT2D eigenvalue weighted by atomic mass is 16.5. The summed E-state index contributed by atoms with van der Waals surface area (Å²) in [6.45, 7) is 1.48. The lowest BCUT2D eigenvalue weighted by molar-refractivity contribution is -0.605. The Morgan fingerprint density at radius 1 is 1.16 bits per heavy atom. The molecule has 2 aromatic heterocycles. The van der Waals surface area contributed by atoms with Gasteiger partial charge in [0.25, 0.3) is 5.91 Å². The highest BCUT2D eigenvalue weighted by Crippen LogP contribution is 2.21. The number of rotatable bonds is 4. The number of carbonyl (C=O) groups excluding carboxylic acids is 2. The lowest BCUT2D eigenvalue weighted by atomic mass is 10.2. The topological polar surface area (TPSA) is 95.2 Å². The van der Waals surface area contributed by atoms with Gasteiger partial charge in [0.05, 0.1) is 16.8 Å². The van der Waals surface area contributed by atoms with Crippen molar-refractivity contribution < 1.29 is 19.1 Å². The lowest BCUT2D eigenvalue weighted by Gasteiger charge is -2.14. The highest BCUT2D eigenvalue weighted by Gasteiger charge is 2.20. The summed E-state index contributed by atoms with van der Waals surface area (Å²) in [5.74, 6) is -1.14. The first-order valence-electron chi connectivity index (χ1n) is 7.59. The molecule has 0 aliphatic rings. The number of aromatic nitrogens is 2. The molecule has 0 unspecified atom stereocenters. The molecule has 0 aliphatic carbocycles. The lowest BCUT2D eigenvalue weighted by Crippen LogP contribution is -2.30. The Balaban J connectivity index is 1.70. The summed E-state index contributed by atoms with van der Waals surface area (Å²) < 4.78 is 5.70. The number of esters is 1. The van der Waals surface area contributed by atoms with Gasteiger partial charge in [-0.25, -0.2) is 4.79 Å². The van der Waals surface area contributed by atoms with E-state index in [9.17, 15) is 14.8 Å². The van der Waals surface area contributed by atoms with E-state index in [4.69, 9.17) is 4.74 Å². The van der Waals surface area contributed by atoms with Gasteiger partial charge >= 0.3 is 5.97 Å². The zero-order chi connectivity index (χ0) is 17.8. The molecule has 1 N–H and O–H groups in total. The third-order valence-electron chi connectivity index (χ3n) is 3.59. The molecule has 0 aliphatic heterocycles. The normalized spacial score (nSPS) is 11.7. The van der Waals surface area contributed by atoms with Crippen LogP contribution in [-0.4, -0.2) is 23.0 Å². The van der Waals surface area contributed by atoms with Gasteiger partial charge in [-0.3, -0.25) is 9.78 Å². The minimum absolute atomic E-state index is 0.195. The molecule has 3 rings (SSSR count). The van der Waals surface area contributed by atoms with E-state index in [1.807, 2.05) is 12.1 Å². The maximum atomic E-state index is 12.3. The fourth-order valence-electron chi connectivity index (χ4n) is 2.28. The molecule has 1 amide bonds. The second-order valence-corrected chi connectivity index (χ2v) is 5.36. The van der Waals surface area contributed by atoms with Crippen molar-refractivity contribution in [2.75, 3.05) is 5.32 Å². The number of nitrogens with zero attached hydrogens (tertiary/aromatic N) is 2. The molecular formula is C18H15N3O4. The number of ether oxygens (including phenoxy) is 1. The van der Waals surface area contributed by atoms with Gasteiger partial charge in [-0.05, 0) is 31.2 Å². The van der Waals surface area contributed by atoms with Gasteiger partial charge in [0, 0.05) is 23.7 Å². The van der Waals surface area contributed by atoms with Gasteiger partial charge in [-0.1, -0.05) is 6.07 Å². The van der Waals surface area contributed by atoms with E-state index >= 15 is 0 Å². The fraction of sp³-hybridized carbons (Fsp3) is 0.111. The molecule has 126 valence electrons. The first-order chi connectivity index (χ1) is 12.0. The highest BCUT2D eigenvalue weighted by molar-refractivity contribution is 6.03. The van der Waals surface area contributed by atoms with Gasteiger partial charge in [0.2, 0.25) is 0 Å². The molecule has 0 saturated carbocycles. The smallest absolute Gasteiger partial charge is 0.339 e. The number of nitrogens with one attached hydrogen (secondary N) is 1. The molecule has 0 saturated heterocycles. The Kier molecular flexibility index (Phi) is 4.56. The largest absolute Gasteiger partial charge is 0.619 e. The van der Waals surface area contributed by atoms with Crippen molar-refractivity contribution in [2.45, 2.75) is 13.0 Å². The van der Waals surface area contributed by atoms with Crippen LogP contribution < -0.4 is 10.0 Å². The van der Waals surface area contributed by atoms with Gasteiger partial charge in [0.1, 0.15) is 0 Å². The molecule has 25 heavy (non-hydrogen) atoms. The molecule has 1 atom stereocenters. The Morgan fingerprint density at radius 2 is 1.92 bits per heavy atom. The molecule has 7 heteroatoms.